The van der Waals surface area contributed by atoms with E-state index in [1.54, 1.807) is 12.1 Å². The van der Waals surface area contributed by atoms with Gasteiger partial charge < -0.3 is 14.7 Å². The van der Waals surface area contributed by atoms with Gasteiger partial charge in [0.25, 0.3) is 0 Å². The molecule has 1 aromatic rings. The molecule has 25 heavy (non-hydrogen) atoms. The molecule has 1 saturated heterocycles. The molecular formula is C20H28FNO3. The number of rotatable bonds is 6. The van der Waals surface area contributed by atoms with Crippen LogP contribution in [-0.4, -0.2) is 48.3 Å². The number of ether oxygens (including phenoxy) is 1. The average molecular weight is 349 g/mol. The lowest BCUT2D eigenvalue weighted by Crippen LogP contribution is -2.38. The first-order valence-electron chi connectivity index (χ1n) is 9.35. The zero-order valence-electron chi connectivity index (χ0n) is 14.8. The zero-order valence-corrected chi connectivity index (χ0v) is 14.8. The summed E-state index contributed by atoms with van der Waals surface area (Å²) in [5, 5.41) is 9.92. The molecule has 1 heterocycles. The van der Waals surface area contributed by atoms with Gasteiger partial charge in [0.1, 0.15) is 12.4 Å². The lowest BCUT2D eigenvalue weighted by molar-refractivity contribution is -0.138. The molecule has 1 aliphatic carbocycles. The molecule has 0 spiro atoms. The molecule has 1 aliphatic heterocycles. The topological polar surface area (TPSA) is 49.8 Å². The van der Waals surface area contributed by atoms with Crippen LogP contribution in [0.15, 0.2) is 24.3 Å². The Bertz CT molecular complexity index is 571. The molecule has 5 heteroatoms. The van der Waals surface area contributed by atoms with E-state index in [-0.39, 0.29) is 36.5 Å². The summed E-state index contributed by atoms with van der Waals surface area (Å²) in [5.74, 6) is -0.245. The SMILES string of the molecule is O=C(COC1CCCCC1)N1CCC(CO)(Cc2ccc(F)cc2)C1. The number of carbonyl (C=O) groups excluding carboxylic acids is 1. The molecule has 0 radical (unpaired) electrons. The summed E-state index contributed by atoms with van der Waals surface area (Å²) in [6, 6.07) is 6.39. The third-order valence-corrected chi connectivity index (χ3v) is 5.61. The fourth-order valence-electron chi connectivity index (χ4n) is 4.02. The molecule has 0 bridgehead atoms. The molecule has 1 saturated carbocycles. The van der Waals surface area contributed by atoms with Gasteiger partial charge in [-0.15, -0.1) is 0 Å². The van der Waals surface area contributed by atoms with Gasteiger partial charge in [-0.1, -0.05) is 31.4 Å². The number of amides is 1. The number of hydrogen-bond donors (Lipinski definition) is 1. The Hall–Kier alpha value is -1.46. The molecule has 1 atom stereocenters. The van der Waals surface area contributed by atoms with E-state index in [0.29, 0.717) is 19.5 Å². The maximum atomic E-state index is 13.1. The number of likely N-dealkylation sites (tertiary alicyclic amines) is 1. The van der Waals surface area contributed by atoms with Crippen molar-refractivity contribution in [2.45, 2.75) is 51.0 Å². The first-order chi connectivity index (χ1) is 12.1. The summed E-state index contributed by atoms with van der Waals surface area (Å²) in [4.78, 5) is 14.3. The van der Waals surface area contributed by atoms with Gasteiger partial charge in [0.2, 0.25) is 5.91 Å². The minimum Gasteiger partial charge on any atom is -0.396 e. The molecule has 3 rings (SSSR count). The van der Waals surface area contributed by atoms with Gasteiger partial charge in [0.05, 0.1) is 12.7 Å². The van der Waals surface area contributed by atoms with Gasteiger partial charge in [-0.25, -0.2) is 4.39 Å². The predicted molar refractivity (Wildman–Crippen MR) is 93.6 cm³/mol. The normalized spacial score (nSPS) is 24.6. The van der Waals surface area contributed by atoms with Crippen LogP contribution in [0.1, 0.15) is 44.1 Å². The van der Waals surface area contributed by atoms with E-state index in [1.807, 2.05) is 4.90 Å². The molecule has 1 aromatic carbocycles. The highest BCUT2D eigenvalue weighted by Gasteiger charge is 2.39. The smallest absolute Gasteiger partial charge is 0.248 e. The largest absolute Gasteiger partial charge is 0.396 e. The lowest BCUT2D eigenvalue weighted by Gasteiger charge is -2.28. The summed E-state index contributed by atoms with van der Waals surface area (Å²) in [6.07, 6.45) is 7.38. The number of nitrogens with zero attached hydrogens (tertiary/aromatic N) is 1. The van der Waals surface area contributed by atoms with Gasteiger partial charge >= 0.3 is 0 Å². The van der Waals surface area contributed by atoms with E-state index in [2.05, 4.69) is 0 Å². The van der Waals surface area contributed by atoms with Crippen LogP contribution in [0.25, 0.3) is 0 Å². The highest BCUT2D eigenvalue weighted by molar-refractivity contribution is 5.77. The average Bonchev–Trinajstić information content (AvgIpc) is 3.07. The molecule has 2 fully saturated rings. The van der Waals surface area contributed by atoms with E-state index in [1.165, 1.54) is 31.4 Å². The van der Waals surface area contributed by atoms with Crippen molar-refractivity contribution in [3.63, 3.8) is 0 Å². The van der Waals surface area contributed by atoms with Gasteiger partial charge in [0.15, 0.2) is 0 Å². The molecule has 1 amide bonds. The fraction of sp³-hybridized carbons (Fsp3) is 0.650. The Morgan fingerprint density at radius 1 is 1.24 bits per heavy atom. The van der Waals surface area contributed by atoms with Crippen LogP contribution < -0.4 is 0 Å². The Morgan fingerprint density at radius 3 is 2.64 bits per heavy atom. The Kier molecular flexibility index (Phi) is 6.07. The second-order valence-corrected chi connectivity index (χ2v) is 7.60. The van der Waals surface area contributed by atoms with Crippen LogP contribution in [-0.2, 0) is 16.0 Å². The maximum Gasteiger partial charge on any atom is 0.248 e. The van der Waals surface area contributed by atoms with Crippen LogP contribution in [0.5, 0.6) is 0 Å². The van der Waals surface area contributed by atoms with Crippen molar-refractivity contribution in [3.05, 3.63) is 35.6 Å². The van der Waals surface area contributed by atoms with Gasteiger partial charge in [-0.2, -0.15) is 0 Å². The van der Waals surface area contributed by atoms with Crippen LogP contribution in [0.2, 0.25) is 0 Å². The molecule has 2 aliphatic rings. The van der Waals surface area contributed by atoms with E-state index >= 15 is 0 Å². The van der Waals surface area contributed by atoms with Crippen molar-refractivity contribution in [3.8, 4) is 0 Å². The maximum absolute atomic E-state index is 13.1. The van der Waals surface area contributed by atoms with Gasteiger partial charge in [-0.05, 0) is 43.4 Å². The van der Waals surface area contributed by atoms with Crippen molar-refractivity contribution >= 4 is 5.91 Å². The summed E-state index contributed by atoms with van der Waals surface area (Å²) in [5.41, 5.74) is 0.654. The van der Waals surface area contributed by atoms with E-state index in [0.717, 1.165) is 24.8 Å². The molecule has 4 nitrogen and oxygen atoms in total. The van der Waals surface area contributed by atoms with Crippen LogP contribution in [0.4, 0.5) is 4.39 Å². The summed E-state index contributed by atoms with van der Waals surface area (Å²) in [7, 11) is 0. The zero-order chi connectivity index (χ0) is 17.7. The first kappa shape index (κ1) is 18.3. The van der Waals surface area contributed by atoms with Crippen LogP contribution in [0, 0.1) is 11.2 Å². The lowest BCUT2D eigenvalue weighted by atomic mass is 9.81. The van der Waals surface area contributed by atoms with Crippen LogP contribution in [0.3, 0.4) is 0 Å². The minimum atomic E-state index is -0.335. The number of hydrogen-bond acceptors (Lipinski definition) is 3. The standard InChI is InChI=1S/C20H28FNO3/c21-17-8-6-16(7-9-17)12-20(15-23)10-11-22(14-20)19(24)13-25-18-4-2-1-3-5-18/h6-9,18,23H,1-5,10-15H2. The molecule has 0 aromatic heterocycles. The van der Waals surface area contributed by atoms with Crippen molar-refractivity contribution in [1.29, 1.82) is 0 Å². The van der Waals surface area contributed by atoms with Crippen molar-refractivity contribution in [2.24, 2.45) is 5.41 Å². The second kappa shape index (κ2) is 8.28. The monoisotopic (exact) mass is 349 g/mol. The summed E-state index contributed by atoms with van der Waals surface area (Å²) >= 11 is 0. The Labute approximate surface area is 149 Å². The second-order valence-electron chi connectivity index (χ2n) is 7.60. The third-order valence-electron chi connectivity index (χ3n) is 5.61. The molecule has 138 valence electrons. The Balaban J connectivity index is 1.52. The van der Waals surface area contributed by atoms with Crippen molar-refractivity contribution in [1.82, 2.24) is 4.90 Å². The predicted octanol–water partition coefficient (Wildman–Crippen LogP) is 2.93. The van der Waals surface area contributed by atoms with E-state index < -0.39 is 0 Å². The molecule has 1 unspecified atom stereocenters. The highest BCUT2D eigenvalue weighted by Crippen LogP contribution is 2.34. The fourth-order valence-corrected chi connectivity index (χ4v) is 4.02. The number of aliphatic hydroxyl groups is 1. The van der Waals surface area contributed by atoms with Crippen molar-refractivity contribution < 1.29 is 19.0 Å². The quantitative estimate of drug-likeness (QED) is 0.859. The van der Waals surface area contributed by atoms with Crippen LogP contribution >= 0.6 is 0 Å². The molecular weight excluding hydrogens is 321 g/mol. The summed E-state index contributed by atoms with van der Waals surface area (Å²) in [6.45, 7) is 1.35. The third kappa shape index (κ3) is 4.79. The number of aliphatic hydroxyl groups excluding tert-OH is 1. The van der Waals surface area contributed by atoms with E-state index in [4.69, 9.17) is 4.74 Å². The number of halogens is 1. The van der Waals surface area contributed by atoms with Gasteiger partial charge in [-0.3, -0.25) is 4.79 Å². The van der Waals surface area contributed by atoms with E-state index in [9.17, 15) is 14.3 Å². The Morgan fingerprint density at radius 2 is 1.96 bits per heavy atom. The van der Waals surface area contributed by atoms with Gasteiger partial charge in [0, 0.05) is 18.5 Å². The minimum absolute atomic E-state index is 0.0139. The molecule has 1 N–H and O–H groups in total. The first-order valence-corrected chi connectivity index (χ1v) is 9.35. The summed E-state index contributed by atoms with van der Waals surface area (Å²) < 4.78 is 18.9. The number of carbonyl (C=O) groups is 1. The number of benzene rings is 1. The van der Waals surface area contributed by atoms with Crippen molar-refractivity contribution in [2.75, 3.05) is 26.3 Å². The highest BCUT2D eigenvalue weighted by atomic mass is 19.1.